The Morgan fingerprint density at radius 1 is 1.43 bits per heavy atom. The molecule has 3 aromatic rings. The third-order valence-electron chi connectivity index (χ3n) is 3.18. The van der Waals surface area contributed by atoms with Gasteiger partial charge in [0, 0.05) is 17.3 Å². The summed E-state index contributed by atoms with van der Waals surface area (Å²) in [6.07, 6.45) is 0. The minimum atomic E-state index is -0.178. The summed E-state index contributed by atoms with van der Waals surface area (Å²) in [4.78, 5) is 18.1. The number of amides is 1. The maximum absolute atomic E-state index is 12.2. The number of fused-ring (bicyclic) bond motifs is 2. The lowest BCUT2D eigenvalue weighted by Crippen LogP contribution is -2.24. The predicted octanol–water partition coefficient (Wildman–Crippen LogP) is 3.34. The lowest BCUT2D eigenvalue weighted by Gasteiger charge is -2.03. The molecule has 0 fully saturated rings. The second-order valence-electron chi connectivity index (χ2n) is 5.02. The van der Waals surface area contributed by atoms with E-state index in [1.165, 1.54) is 11.3 Å². The van der Waals surface area contributed by atoms with Gasteiger partial charge in [-0.2, -0.15) is 0 Å². The standard InChI is InChI=1S/C16H15N3OS/c1-9(2)8-18-15(20)14-13(17)11-7-10-5-3-4-6-12(10)19-16(11)21-14/h3-7H,1,8,17H2,2H3,(H,18,20). The van der Waals surface area contributed by atoms with Crippen molar-refractivity contribution in [2.75, 3.05) is 12.3 Å². The van der Waals surface area contributed by atoms with Gasteiger partial charge in [-0.1, -0.05) is 30.4 Å². The molecule has 0 aliphatic carbocycles. The second kappa shape index (κ2) is 5.18. The maximum Gasteiger partial charge on any atom is 0.263 e. The van der Waals surface area contributed by atoms with Crippen molar-refractivity contribution in [3.63, 3.8) is 0 Å². The summed E-state index contributed by atoms with van der Waals surface area (Å²) < 4.78 is 0. The molecule has 0 saturated carbocycles. The van der Waals surface area contributed by atoms with Crippen molar-refractivity contribution in [2.24, 2.45) is 0 Å². The Morgan fingerprint density at radius 3 is 2.95 bits per heavy atom. The van der Waals surface area contributed by atoms with Gasteiger partial charge in [0.2, 0.25) is 0 Å². The molecule has 21 heavy (non-hydrogen) atoms. The fourth-order valence-electron chi connectivity index (χ4n) is 2.12. The van der Waals surface area contributed by atoms with Crippen LogP contribution in [0.25, 0.3) is 21.1 Å². The van der Waals surface area contributed by atoms with E-state index in [9.17, 15) is 4.79 Å². The predicted molar refractivity (Wildman–Crippen MR) is 88.7 cm³/mol. The molecule has 0 unspecified atom stereocenters. The molecule has 0 aliphatic heterocycles. The van der Waals surface area contributed by atoms with Gasteiger partial charge in [-0.15, -0.1) is 11.3 Å². The van der Waals surface area contributed by atoms with Crippen LogP contribution < -0.4 is 11.1 Å². The van der Waals surface area contributed by atoms with Crippen LogP contribution in [0.1, 0.15) is 16.6 Å². The minimum absolute atomic E-state index is 0.178. The van der Waals surface area contributed by atoms with E-state index in [4.69, 9.17) is 5.73 Å². The van der Waals surface area contributed by atoms with Crippen molar-refractivity contribution in [3.8, 4) is 0 Å². The van der Waals surface area contributed by atoms with Crippen molar-refractivity contribution in [1.82, 2.24) is 10.3 Å². The number of nitrogens with zero attached hydrogens (tertiary/aromatic N) is 1. The maximum atomic E-state index is 12.2. The Morgan fingerprint density at radius 2 is 2.19 bits per heavy atom. The number of carbonyl (C=O) groups excluding carboxylic acids is 1. The highest BCUT2D eigenvalue weighted by molar-refractivity contribution is 7.21. The molecule has 0 saturated heterocycles. The Labute approximate surface area is 126 Å². The molecule has 2 heterocycles. The van der Waals surface area contributed by atoms with Crippen LogP contribution in [-0.2, 0) is 0 Å². The molecule has 3 rings (SSSR count). The summed E-state index contributed by atoms with van der Waals surface area (Å²) >= 11 is 1.32. The molecule has 1 amide bonds. The van der Waals surface area contributed by atoms with Crippen LogP contribution in [0.5, 0.6) is 0 Å². The summed E-state index contributed by atoms with van der Waals surface area (Å²) in [5, 5.41) is 4.66. The molecule has 0 bridgehead atoms. The number of carbonyl (C=O) groups is 1. The van der Waals surface area contributed by atoms with E-state index < -0.39 is 0 Å². The molecule has 0 spiro atoms. The van der Waals surface area contributed by atoms with Crippen molar-refractivity contribution >= 4 is 44.1 Å². The Bertz CT molecular complexity index is 866. The first-order valence-electron chi connectivity index (χ1n) is 6.56. The molecule has 0 aliphatic rings. The van der Waals surface area contributed by atoms with Gasteiger partial charge in [0.1, 0.15) is 9.71 Å². The molecule has 5 heteroatoms. The highest BCUT2D eigenvalue weighted by atomic mass is 32.1. The average Bonchev–Trinajstić information content (AvgIpc) is 2.79. The van der Waals surface area contributed by atoms with Crippen molar-refractivity contribution in [1.29, 1.82) is 0 Å². The first-order valence-corrected chi connectivity index (χ1v) is 7.38. The van der Waals surface area contributed by atoms with Crippen LogP contribution in [0.15, 0.2) is 42.5 Å². The Balaban J connectivity index is 2.08. The molecule has 106 valence electrons. The third kappa shape index (κ3) is 2.48. The quantitative estimate of drug-likeness (QED) is 0.729. The Kier molecular flexibility index (Phi) is 3.35. The fourth-order valence-corrected chi connectivity index (χ4v) is 3.12. The molecule has 0 radical (unpaired) electrons. The van der Waals surface area contributed by atoms with Crippen LogP contribution in [0.4, 0.5) is 5.69 Å². The zero-order chi connectivity index (χ0) is 15.0. The number of aromatic nitrogens is 1. The fraction of sp³-hybridized carbons (Fsp3) is 0.125. The van der Waals surface area contributed by atoms with Crippen molar-refractivity contribution < 1.29 is 4.79 Å². The number of nitrogens with one attached hydrogen (secondary N) is 1. The van der Waals surface area contributed by atoms with Gasteiger partial charge < -0.3 is 11.1 Å². The summed E-state index contributed by atoms with van der Waals surface area (Å²) in [7, 11) is 0. The van der Waals surface area contributed by atoms with Crippen molar-refractivity contribution in [3.05, 3.63) is 47.4 Å². The van der Waals surface area contributed by atoms with E-state index in [1.54, 1.807) is 0 Å². The van der Waals surface area contributed by atoms with Gasteiger partial charge in [-0.25, -0.2) is 4.98 Å². The van der Waals surface area contributed by atoms with E-state index >= 15 is 0 Å². The van der Waals surface area contributed by atoms with Gasteiger partial charge in [0.25, 0.3) is 5.91 Å². The third-order valence-corrected chi connectivity index (χ3v) is 4.29. The monoisotopic (exact) mass is 297 g/mol. The van der Waals surface area contributed by atoms with E-state index in [1.807, 2.05) is 37.3 Å². The first-order chi connectivity index (χ1) is 10.1. The zero-order valence-corrected chi connectivity index (χ0v) is 12.5. The summed E-state index contributed by atoms with van der Waals surface area (Å²) in [6.45, 7) is 6.08. The molecule has 0 atom stereocenters. The van der Waals surface area contributed by atoms with Gasteiger partial charge >= 0.3 is 0 Å². The minimum Gasteiger partial charge on any atom is -0.397 e. The highest BCUT2D eigenvalue weighted by Gasteiger charge is 2.17. The molecule has 4 nitrogen and oxygen atoms in total. The lowest BCUT2D eigenvalue weighted by atomic mass is 10.1. The highest BCUT2D eigenvalue weighted by Crippen LogP contribution is 2.34. The van der Waals surface area contributed by atoms with Crippen LogP contribution >= 0.6 is 11.3 Å². The number of nitrogen functional groups attached to an aromatic ring is 1. The number of hydrogen-bond donors (Lipinski definition) is 2. The van der Waals surface area contributed by atoms with Gasteiger partial charge in [0.15, 0.2) is 0 Å². The van der Waals surface area contributed by atoms with E-state index in [0.29, 0.717) is 17.1 Å². The average molecular weight is 297 g/mol. The summed E-state index contributed by atoms with van der Waals surface area (Å²) in [6, 6.07) is 9.82. The van der Waals surface area contributed by atoms with Crippen LogP contribution in [0.2, 0.25) is 0 Å². The Hall–Kier alpha value is -2.40. The van der Waals surface area contributed by atoms with Gasteiger partial charge in [-0.3, -0.25) is 4.79 Å². The SMILES string of the molecule is C=C(C)CNC(=O)c1sc2nc3ccccc3cc2c1N. The number of para-hydroxylation sites is 1. The van der Waals surface area contributed by atoms with E-state index in [-0.39, 0.29) is 5.91 Å². The summed E-state index contributed by atoms with van der Waals surface area (Å²) in [5.74, 6) is -0.178. The number of anilines is 1. The summed E-state index contributed by atoms with van der Waals surface area (Å²) in [5.41, 5.74) is 8.42. The number of pyridine rings is 1. The first kappa shape index (κ1) is 13.6. The molecule has 1 aromatic carbocycles. The number of rotatable bonds is 3. The van der Waals surface area contributed by atoms with Crippen LogP contribution in [0.3, 0.4) is 0 Å². The van der Waals surface area contributed by atoms with Crippen molar-refractivity contribution in [2.45, 2.75) is 6.92 Å². The second-order valence-corrected chi connectivity index (χ2v) is 6.02. The number of benzene rings is 1. The molecule has 3 N–H and O–H groups in total. The van der Waals surface area contributed by atoms with Crippen LogP contribution in [-0.4, -0.2) is 17.4 Å². The zero-order valence-electron chi connectivity index (χ0n) is 11.6. The van der Waals surface area contributed by atoms with Gasteiger partial charge in [0.05, 0.1) is 11.2 Å². The van der Waals surface area contributed by atoms with E-state index in [0.717, 1.165) is 26.7 Å². The molecule has 2 aromatic heterocycles. The number of hydrogen-bond acceptors (Lipinski definition) is 4. The van der Waals surface area contributed by atoms with Crippen LogP contribution in [0, 0.1) is 0 Å². The lowest BCUT2D eigenvalue weighted by molar-refractivity contribution is 0.0962. The molecular weight excluding hydrogens is 282 g/mol. The largest absolute Gasteiger partial charge is 0.397 e. The smallest absolute Gasteiger partial charge is 0.263 e. The van der Waals surface area contributed by atoms with Gasteiger partial charge in [-0.05, 0) is 19.1 Å². The topological polar surface area (TPSA) is 68.0 Å². The number of thiophene rings is 1. The molecular formula is C16H15N3OS. The normalized spacial score (nSPS) is 10.9. The number of nitrogens with two attached hydrogens (primary N) is 1. The van der Waals surface area contributed by atoms with E-state index in [2.05, 4.69) is 16.9 Å².